The Morgan fingerprint density at radius 1 is 0.553 bits per heavy atom. The molecule has 0 aliphatic rings. The van der Waals surface area contributed by atoms with Gasteiger partial charge in [0.2, 0.25) is 0 Å². The van der Waals surface area contributed by atoms with E-state index in [0.29, 0.717) is 24.7 Å². The van der Waals surface area contributed by atoms with Crippen molar-refractivity contribution in [2.24, 2.45) is 11.8 Å². The highest BCUT2D eigenvalue weighted by atomic mass is 16.5. The second kappa shape index (κ2) is 22.8. The van der Waals surface area contributed by atoms with Crippen molar-refractivity contribution in [3.8, 4) is 0 Å². The maximum absolute atomic E-state index is 11.3. The van der Waals surface area contributed by atoms with Crippen molar-refractivity contribution in [2.45, 2.75) is 131 Å². The fourth-order valence-corrected chi connectivity index (χ4v) is 4.65. The summed E-state index contributed by atoms with van der Waals surface area (Å²) in [5.41, 5.74) is 5.74. The molecule has 4 nitrogen and oxygen atoms in total. The Labute approximate surface area is 235 Å². The molecule has 0 rings (SSSR count). The highest BCUT2D eigenvalue weighted by molar-refractivity contribution is 5.69. The molecule has 0 radical (unpaired) electrons. The van der Waals surface area contributed by atoms with E-state index in [1.54, 1.807) is 0 Å². The number of allylic oxidation sites excluding steroid dienone is 8. The summed E-state index contributed by atoms with van der Waals surface area (Å²) in [7, 11) is 2.92. The summed E-state index contributed by atoms with van der Waals surface area (Å²) < 4.78 is 9.51. The summed E-state index contributed by atoms with van der Waals surface area (Å²) in [6.45, 7) is 13.3. The van der Waals surface area contributed by atoms with Crippen LogP contribution in [0.25, 0.3) is 0 Å². The van der Waals surface area contributed by atoms with E-state index >= 15 is 0 Å². The van der Waals surface area contributed by atoms with E-state index in [9.17, 15) is 9.59 Å². The summed E-state index contributed by atoms with van der Waals surface area (Å²) in [6.07, 6.45) is 23.6. The maximum Gasteiger partial charge on any atom is 0.305 e. The minimum absolute atomic E-state index is 0.104. The van der Waals surface area contributed by atoms with Crippen molar-refractivity contribution in [3.63, 3.8) is 0 Å². The van der Waals surface area contributed by atoms with Gasteiger partial charge in [-0.2, -0.15) is 0 Å². The molecule has 0 heterocycles. The monoisotopic (exact) mass is 530 g/mol. The molecular weight excluding hydrogens is 472 g/mol. The first-order chi connectivity index (χ1) is 18.1. The van der Waals surface area contributed by atoms with Gasteiger partial charge in [0, 0.05) is 12.8 Å². The highest BCUT2D eigenvalue weighted by Gasteiger charge is 2.12. The Balaban J connectivity index is 4.90. The third kappa shape index (κ3) is 19.9. The molecule has 0 saturated carbocycles. The first-order valence-corrected chi connectivity index (χ1v) is 14.8. The quantitative estimate of drug-likeness (QED) is 0.0841. The molecule has 0 aromatic carbocycles. The van der Waals surface area contributed by atoms with E-state index < -0.39 is 0 Å². The zero-order chi connectivity index (χ0) is 28.8. The fraction of sp³-hybridized carbons (Fsp3) is 0.706. The second-order valence-corrected chi connectivity index (χ2v) is 11.3. The maximum atomic E-state index is 11.3. The van der Waals surface area contributed by atoms with E-state index in [4.69, 9.17) is 9.47 Å². The Hall–Kier alpha value is -2.10. The van der Waals surface area contributed by atoms with E-state index in [-0.39, 0.29) is 11.9 Å². The van der Waals surface area contributed by atoms with Crippen LogP contribution in [0.3, 0.4) is 0 Å². The molecule has 2 unspecified atom stereocenters. The summed E-state index contributed by atoms with van der Waals surface area (Å²) in [6, 6.07) is 0. The Morgan fingerprint density at radius 2 is 0.921 bits per heavy atom. The van der Waals surface area contributed by atoms with Crippen molar-refractivity contribution in [1.82, 2.24) is 0 Å². The van der Waals surface area contributed by atoms with Gasteiger partial charge in [-0.1, -0.05) is 72.3 Å². The molecule has 0 aromatic rings. The van der Waals surface area contributed by atoms with Crippen LogP contribution >= 0.6 is 0 Å². The van der Waals surface area contributed by atoms with Crippen molar-refractivity contribution in [3.05, 3.63) is 46.6 Å². The first kappa shape index (κ1) is 35.9. The molecule has 0 N–H and O–H groups in total. The Morgan fingerprint density at radius 3 is 1.24 bits per heavy atom. The number of carbonyl (C=O) groups is 2. The molecule has 0 aromatic heterocycles. The minimum atomic E-state index is -0.104. The van der Waals surface area contributed by atoms with E-state index in [1.165, 1.54) is 49.4 Å². The smallest absolute Gasteiger partial charge is 0.305 e. The molecule has 0 bridgehead atoms. The molecule has 38 heavy (non-hydrogen) atoms. The van der Waals surface area contributed by atoms with Gasteiger partial charge in [0.1, 0.15) is 0 Å². The number of ether oxygens (including phenoxy) is 2. The predicted octanol–water partition coefficient (Wildman–Crippen LogP) is 9.85. The van der Waals surface area contributed by atoms with Gasteiger partial charge < -0.3 is 9.47 Å². The lowest BCUT2D eigenvalue weighted by molar-refractivity contribution is -0.141. The number of unbranched alkanes of at least 4 members (excludes halogenated alkanes) is 5. The van der Waals surface area contributed by atoms with Crippen LogP contribution in [0.4, 0.5) is 0 Å². The number of carbonyl (C=O) groups excluding carboxylic acids is 2. The van der Waals surface area contributed by atoms with Gasteiger partial charge in [-0.3, -0.25) is 9.59 Å². The third-order valence-corrected chi connectivity index (χ3v) is 7.33. The molecule has 0 spiro atoms. The molecule has 0 fully saturated rings. The summed E-state index contributed by atoms with van der Waals surface area (Å²) in [5, 5.41) is 0. The highest BCUT2D eigenvalue weighted by Crippen LogP contribution is 2.26. The lowest BCUT2D eigenvalue weighted by Gasteiger charge is -2.18. The topological polar surface area (TPSA) is 52.6 Å². The lowest BCUT2D eigenvalue weighted by atomic mass is 9.88. The zero-order valence-corrected chi connectivity index (χ0v) is 26.0. The molecule has 0 aliphatic heterocycles. The SMILES string of the molecule is COC(=O)CCCCCC(CC=C(C)C)/C(C)=C/CC/C=C(\C)C(CC=C(C)C)CCCCCC(=O)OC. The molecule has 4 heteroatoms. The van der Waals surface area contributed by atoms with Gasteiger partial charge in [-0.05, 0) is 105 Å². The van der Waals surface area contributed by atoms with Crippen LogP contribution in [0, 0.1) is 11.8 Å². The number of methoxy groups -OCH3 is 2. The molecule has 0 saturated heterocycles. The van der Waals surface area contributed by atoms with Gasteiger partial charge in [0.25, 0.3) is 0 Å². The number of rotatable bonds is 21. The van der Waals surface area contributed by atoms with Gasteiger partial charge >= 0.3 is 11.9 Å². The zero-order valence-electron chi connectivity index (χ0n) is 26.0. The van der Waals surface area contributed by atoms with E-state index in [1.807, 2.05) is 0 Å². The van der Waals surface area contributed by atoms with Crippen LogP contribution in [0.15, 0.2) is 46.6 Å². The summed E-state index contributed by atoms with van der Waals surface area (Å²) >= 11 is 0. The normalized spacial score (nSPS) is 13.5. The third-order valence-electron chi connectivity index (χ3n) is 7.33. The van der Waals surface area contributed by atoms with Crippen LogP contribution in [-0.2, 0) is 19.1 Å². The number of hydrogen-bond acceptors (Lipinski definition) is 4. The van der Waals surface area contributed by atoms with Crippen molar-refractivity contribution in [2.75, 3.05) is 14.2 Å². The van der Waals surface area contributed by atoms with Gasteiger partial charge in [0.05, 0.1) is 14.2 Å². The van der Waals surface area contributed by atoms with Crippen molar-refractivity contribution >= 4 is 11.9 Å². The van der Waals surface area contributed by atoms with Crippen LogP contribution in [0.1, 0.15) is 131 Å². The molecule has 0 amide bonds. The predicted molar refractivity (Wildman–Crippen MR) is 162 cm³/mol. The number of hydrogen-bond donors (Lipinski definition) is 0. The van der Waals surface area contributed by atoms with Crippen LogP contribution < -0.4 is 0 Å². The van der Waals surface area contributed by atoms with Crippen LogP contribution in [0.2, 0.25) is 0 Å². The standard InChI is InChI=1S/C34H58O4/c1-27(2)23-25-31(19-11-9-13-21-33(35)37-7)29(5)17-15-16-18-30(6)32(26-24-28(3)4)20-12-10-14-22-34(36)38-8/h17-18,23-24,31-32H,9-16,19-22,25-26H2,1-8H3/b29-17+,30-18+. The van der Waals surface area contributed by atoms with Gasteiger partial charge in [-0.15, -0.1) is 0 Å². The van der Waals surface area contributed by atoms with Gasteiger partial charge in [0.15, 0.2) is 0 Å². The molecule has 0 aliphatic carbocycles. The fourth-order valence-electron chi connectivity index (χ4n) is 4.65. The average Bonchev–Trinajstić information content (AvgIpc) is 2.88. The van der Waals surface area contributed by atoms with E-state index in [0.717, 1.165) is 64.2 Å². The Kier molecular flexibility index (Phi) is 21.6. The van der Waals surface area contributed by atoms with Crippen molar-refractivity contribution in [1.29, 1.82) is 0 Å². The summed E-state index contributed by atoms with van der Waals surface area (Å²) in [5.74, 6) is 0.936. The Bertz CT molecular complexity index is 710. The second-order valence-electron chi connectivity index (χ2n) is 11.3. The largest absolute Gasteiger partial charge is 0.469 e. The lowest BCUT2D eigenvalue weighted by Crippen LogP contribution is -2.03. The summed E-state index contributed by atoms with van der Waals surface area (Å²) in [4.78, 5) is 22.7. The molecule has 2 atom stereocenters. The minimum Gasteiger partial charge on any atom is -0.469 e. The molecular formula is C34H58O4. The average molecular weight is 531 g/mol. The van der Waals surface area contributed by atoms with Crippen molar-refractivity contribution < 1.29 is 19.1 Å². The van der Waals surface area contributed by atoms with Crippen LogP contribution in [0.5, 0.6) is 0 Å². The number of esters is 2. The van der Waals surface area contributed by atoms with E-state index in [2.05, 4.69) is 65.8 Å². The van der Waals surface area contributed by atoms with Crippen LogP contribution in [-0.4, -0.2) is 26.2 Å². The molecule has 218 valence electrons. The first-order valence-electron chi connectivity index (χ1n) is 14.8. The van der Waals surface area contributed by atoms with Gasteiger partial charge in [-0.25, -0.2) is 0 Å².